The van der Waals surface area contributed by atoms with Gasteiger partial charge in [0.2, 0.25) is 6.10 Å². The number of rotatable bonds is 6. The monoisotopic (exact) mass is 422 g/mol. The smallest absolute Gasteiger partial charge is 0.416 e. The average molecular weight is 422 g/mol. The van der Waals surface area contributed by atoms with Crippen molar-refractivity contribution in [1.82, 2.24) is 0 Å². The molecule has 1 unspecified atom stereocenters. The van der Waals surface area contributed by atoms with Crippen LogP contribution in [0.4, 0.5) is 13.2 Å². The van der Waals surface area contributed by atoms with E-state index in [1.807, 2.05) is 19.9 Å². The van der Waals surface area contributed by atoms with E-state index in [0.717, 1.165) is 30.9 Å². The van der Waals surface area contributed by atoms with Gasteiger partial charge in [-0.05, 0) is 56.2 Å². The summed E-state index contributed by atoms with van der Waals surface area (Å²) in [5.41, 5.74) is 0.343. The Morgan fingerprint density at radius 3 is 2.43 bits per heavy atom. The molecule has 0 aliphatic carbocycles. The predicted octanol–water partition coefficient (Wildman–Crippen LogP) is 4.99. The molecule has 2 aromatic rings. The van der Waals surface area contributed by atoms with Crippen LogP contribution in [0.1, 0.15) is 47.0 Å². The van der Waals surface area contributed by atoms with Crippen molar-refractivity contribution in [3.63, 3.8) is 0 Å². The summed E-state index contributed by atoms with van der Waals surface area (Å²) < 4.78 is 48.8. The van der Waals surface area contributed by atoms with Gasteiger partial charge in [0.25, 0.3) is 0 Å². The number of carbonyl (C=O) groups excluding carboxylic acids is 2. The van der Waals surface area contributed by atoms with Crippen LogP contribution in [0.25, 0.3) is 0 Å². The lowest BCUT2D eigenvalue weighted by Gasteiger charge is -2.18. The standard InChI is InChI=1S/C22H21F3O5/c1-13(2)7-8-14-11-16(9-10-18(14)26)20(27)30-19(21(28)29-3)15-5-4-6-17(12-15)22(23,24)25/h4-7,9-12,19,26H,8H2,1-3H3. The first kappa shape index (κ1) is 23.0. The quantitative estimate of drug-likeness (QED) is 0.525. The summed E-state index contributed by atoms with van der Waals surface area (Å²) in [4.78, 5) is 24.7. The third-order valence-electron chi connectivity index (χ3n) is 4.20. The molecule has 0 bridgehead atoms. The maximum Gasteiger partial charge on any atom is 0.416 e. The molecule has 0 radical (unpaired) electrons. The largest absolute Gasteiger partial charge is 0.508 e. The second-order valence-electron chi connectivity index (χ2n) is 6.76. The second-order valence-corrected chi connectivity index (χ2v) is 6.76. The van der Waals surface area contributed by atoms with Crippen LogP contribution in [-0.2, 0) is 26.9 Å². The Morgan fingerprint density at radius 1 is 1.13 bits per heavy atom. The molecule has 0 amide bonds. The van der Waals surface area contributed by atoms with Crippen LogP contribution in [0.2, 0.25) is 0 Å². The number of halogens is 3. The van der Waals surface area contributed by atoms with Crippen molar-refractivity contribution < 1.29 is 37.3 Å². The van der Waals surface area contributed by atoms with Crippen molar-refractivity contribution >= 4 is 11.9 Å². The number of aromatic hydroxyl groups is 1. The van der Waals surface area contributed by atoms with E-state index < -0.39 is 29.8 Å². The Kier molecular flexibility index (Phi) is 7.26. The minimum absolute atomic E-state index is 0.0218. The van der Waals surface area contributed by atoms with Crippen molar-refractivity contribution in [2.75, 3.05) is 7.11 Å². The number of carbonyl (C=O) groups is 2. The first-order valence-corrected chi connectivity index (χ1v) is 8.94. The van der Waals surface area contributed by atoms with E-state index in [1.54, 1.807) is 0 Å². The fourth-order valence-electron chi connectivity index (χ4n) is 2.60. The molecule has 0 fully saturated rings. The summed E-state index contributed by atoms with van der Waals surface area (Å²) in [5.74, 6) is -1.99. The van der Waals surface area contributed by atoms with E-state index >= 15 is 0 Å². The van der Waals surface area contributed by atoms with Crippen LogP contribution in [0.5, 0.6) is 5.75 Å². The molecule has 0 aliphatic rings. The zero-order valence-corrected chi connectivity index (χ0v) is 16.6. The van der Waals surface area contributed by atoms with E-state index in [0.29, 0.717) is 12.0 Å². The number of phenolic OH excluding ortho intramolecular Hbond substituents is 1. The summed E-state index contributed by atoms with van der Waals surface area (Å²) in [6.07, 6.45) is -4.09. The summed E-state index contributed by atoms with van der Waals surface area (Å²) in [7, 11) is 1.04. The number of benzene rings is 2. The van der Waals surface area contributed by atoms with Crippen LogP contribution in [0.15, 0.2) is 54.1 Å². The predicted molar refractivity (Wildman–Crippen MR) is 103 cm³/mol. The van der Waals surface area contributed by atoms with Gasteiger partial charge >= 0.3 is 18.1 Å². The number of alkyl halides is 3. The lowest BCUT2D eigenvalue weighted by Crippen LogP contribution is -2.22. The Hall–Kier alpha value is -3.29. The molecule has 0 saturated heterocycles. The fourth-order valence-corrected chi connectivity index (χ4v) is 2.60. The maximum absolute atomic E-state index is 13.0. The van der Waals surface area contributed by atoms with Crippen molar-refractivity contribution in [3.8, 4) is 5.75 Å². The van der Waals surface area contributed by atoms with Gasteiger partial charge in [-0.3, -0.25) is 0 Å². The highest BCUT2D eigenvalue weighted by Gasteiger charge is 2.33. The average Bonchev–Trinajstić information content (AvgIpc) is 2.70. The third-order valence-corrected chi connectivity index (χ3v) is 4.20. The van der Waals surface area contributed by atoms with Crippen LogP contribution >= 0.6 is 0 Å². The lowest BCUT2D eigenvalue weighted by atomic mass is 10.0. The lowest BCUT2D eigenvalue weighted by molar-refractivity contribution is -0.151. The van der Waals surface area contributed by atoms with Gasteiger partial charge < -0.3 is 14.6 Å². The molecule has 0 heterocycles. The number of phenols is 1. The molecular formula is C22H21F3O5. The van der Waals surface area contributed by atoms with Crippen molar-refractivity contribution in [2.24, 2.45) is 0 Å². The minimum atomic E-state index is -4.63. The Balaban J connectivity index is 2.34. The zero-order chi connectivity index (χ0) is 22.5. The maximum atomic E-state index is 13.0. The molecule has 1 N–H and O–H groups in total. The number of esters is 2. The van der Waals surface area contributed by atoms with Gasteiger partial charge in [0.15, 0.2) is 0 Å². The Bertz CT molecular complexity index is 959. The Labute approximate surface area is 171 Å². The summed E-state index contributed by atoms with van der Waals surface area (Å²) >= 11 is 0. The van der Waals surface area contributed by atoms with Gasteiger partial charge in [-0.25, -0.2) is 9.59 Å². The van der Waals surface area contributed by atoms with E-state index in [2.05, 4.69) is 4.74 Å². The van der Waals surface area contributed by atoms with Gasteiger partial charge in [-0.15, -0.1) is 0 Å². The third kappa shape index (κ3) is 5.85. The second kappa shape index (κ2) is 9.47. The van der Waals surface area contributed by atoms with Crippen LogP contribution in [0, 0.1) is 0 Å². The number of allylic oxidation sites excluding steroid dienone is 2. The van der Waals surface area contributed by atoms with Crippen LogP contribution in [0.3, 0.4) is 0 Å². The summed E-state index contributed by atoms with van der Waals surface area (Å²) in [6.45, 7) is 3.76. The molecule has 0 saturated carbocycles. The molecule has 2 rings (SSSR count). The van der Waals surface area contributed by atoms with Gasteiger partial charge in [-0.1, -0.05) is 23.8 Å². The summed E-state index contributed by atoms with van der Waals surface area (Å²) in [6, 6.07) is 7.92. The van der Waals surface area contributed by atoms with Gasteiger partial charge in [0.1, 0.15) is 5.75 Å². The highest BCUT2D eigenvalue weighted by molar-refractivity contribution is 5.92. The molecular weight excluding hydrogens is 401 g/mol. The van der Waals surface area contributed by atoms with E-state index in [9.17, 15) is 27.9 Å². The molecule has 8 heteroatoms. The highest BCUT2D eigenvalue weighted by Crippen LogP contribution is 2.32. The molecule has 0 aromatic heterocycles. The SMILES string of the molecule is COC(=O)C(OC(=O)c1ccc(O)c(CC=C(C)C)c1)c1cccc(C(F)(F)F)c1. The van der Waals surface area contributed by atoms with E-state index in [1.165, 1.54) is 24.3 Å². The number of hydrogen-bond acceptors (Lipinski definition) is 5. The first-order valence-electron chi connectivity index (χ1n) is 8.94. The van der Waals surface area contributed by atoms with Crippen molar-refractivity contribution in [2.45, 2.75) is 32.5 Å². The zero-order valence-electron chi connectivity index (χ0n) is 16.6. The molecule has 5 nitrogen and oxygen atoms in total. The van der Waals surface area contributed by atoms with Gasteiger partial charge in [-0.2, -0.15) is 13.2 Å². The number of methoxy groups -OCH3 is 1. The molecule has 30 heavy (non-hydrogen) atoms. The van der Waals surface area contributed by atoms with E-state index in [4.69, 9.17) is 4.74 Å². The molecule has 0 spiro atoms. The fraction of sp³-hybridized carbons (Fsp3) is 0.273. The highest BCUT2D eigenvalue weighted by atomic mass is 19.4. The van der Waals surface area contributed by atoms with E-state index in [-0.39, 0.29) is 16.9 Å². The molecule has 1 atom stereocenters. The topological polar surface area (TPSA) is 72.8 Å². The van der Waals surface area contributed by atoms with Gasteiger partial charge in [0.05, 0.1) is 18.2 Å². The van der Waals surface area contributed by atoms with Crippen molar-refractivity contribution in [1.29, 1.82) is 0 Å². The normalized spacial score (nSPS) is 12.1. The molecule has 0 aliphatic heterocycles. The Morgan fingerprint density at radius 2 is 1.83 bits per heavy atom. The molecule has 160 valence electrons. The van der Waals surface area contributed by atoms with Crippen LogP contribution in [-0.4, -0.2) is 24.2 Å². The van der Waals surface area contributed by atoms with Crippen LogP contribution < -0.4 is 0 Å². The van der Waals surface area contributed by atoms with Gasteiger partial charge in [0, 0.05) is 5.56 Å². The van der Waals surface area contributed by atoms with Crippen molar-refractivity contribution in [3.05, 3.63) is 76.4 Å². The molecule has 2 aromatic carbocycles. The first-order chi connectivity index (χ1) is 14.0. The summed E-state index contributed by atoms with van der Waals surface area (Å²) in [5, 5.41) is 9.96. The number of ether oxygens (including phenoxy) is 2. The number of hydrogen-bond donors (Lipinski definition) is 1. The minimum Gasteiger partial charge on any atom is -0.508 e.